The molecule has 0 radical (unpaired) electrons. The Balaban J connectivity index is 1.45. The lowest BCUT2D eigenvalue weighted by molar-refractivity contribution is 0.426. The molecule has 356 valence electrons. The monoisotopic (exact) mass is 933 g/mol. The minimum absolute atomic E-state index is 0.0402. The van der Waals surface area contributed by atoms with Crippen LogP contribution in [-0.2, 0) is 21.7 Å². The molecule has 0 unspecified atom stereocenters. The van der Waals surface area contributed by atoms with E-state index in [9.17, 15) is 13.3 Å². The highest BCUT2D eigenvalue weighted by molar-refractivity contribution is 5.97. The molecular weight excluding hydrogens is 839 g/mol. The van der Waals surface area contributed by atoms with Crippen LogP contribution >= 0.6 is 0 Å². The van der Waals surface area contributed by atoms with Crippen LogP contribution < -0.4 is 0 Å². The number of phenolic OH excluding ortho intramolecular Hbond substituents is 1. The van der Waals surface area contributed by atoms with Crippen molar-refractivity contribution in [2.24, 2.45) is 0 Å². The Hall–Kier alpha value is -6.26. The second-order valence-corrected chi connectivity index (χ2v) is 20.2. The number of phenols is 1. The minimum atomic E-state index is -3.95. The van der Waals surface area contributed by atoms with Crippen LogP contribution in [0.2, 0.25) is 0 Å². The summed E-state index contributed by atoms with van der Waals surface area (Å²) in [7, 11) is 0. The first-order chi connectivity index (χ1) is 40.5. The van der Waals surface area contributed by atoms with Gasteiger partial charge in [-0.1, -0.05) is 156 Å². The fraction of sp³-hybridized carbons (Fsp3) is 0.354. The third-order valence-electron chi connectivity index (χ3n) is 14.6. The number of nitrogens with zero attached hydrogens (tertiary/aromatic N) is 3. The standard InChI is InChI=1S/C65H75N3O/c1-16-64(14,17-2)53-23-21-24-54(65(15,18-3)19-4)58(53)46-28-31-56(42(6)36-46)68-57-25-20-22-51(59(57)67-61(68)52-35-41(5)34-43(7)60(52)69)47-37-48(39-50(38-47)63(11,12)13)55-40-45(32-33-66-55)44-26-29-49(30-27-44)62(8,9)10/h20-40,69H,16-19H2,1-15H3/i6D3,8D3,9D3,10D3,26D,27D,29D,30D,32D,33D,40D. The SMILES string of the molecule is [2H]c1nc(-c2cc(-c3cccc4c3nc(-c3cc(C)cc(C)c3O)n4-c3ccc(-c4c(C(C)(CC)CC)cccc4C(C)(CC)CC)cc3C([2H])([2H])[2H])cc(C(C)(C)C)c2)c([2H])c(-c2c([2H])c([2H])c(C(C([2H])([2H])[2H])(C([2H])([2H])[2H])C([2H])([2H])[2H])c([2H])c2[2H])c1[2H]. The lowest BCUT2D eigenvalue weighted by Gasteiger charge is -2.36. The summed E-state index contributed by atoms with van der Waals surface area (Å²) in [5.41, 5.74) is 0.541. The quantitative estimate of drug-likeness (QED) is 0.133. The zero-order chi connectivity index (χ0) is 65.9. The van der Waals surface area contributed by atoms with Gasteiger partial charge in [-0.15, -0.1) is 0 Å². The van der Waals surface area contributed by atoms with Gasteiger partial charge in [0, 0.05) is 33.7 Å². The van der Waals surface area contributed by atoms with Crippen LogP contribution in [0, 0.1) is 20.7 Å². The van der Waals surface area contributed by atoms with E-state index in [1.807, 2.05) is 64.1 Å². The average Bonchev–Trinajstić information content (AvgIpc) is 0.761. The third kappa shape index (κ3) is 9.20. The maximum absolute atomic E-state index is 12.0. The number of aromatic hydroxyl groups is 1. The summed E-state index contributed by atoms with van der Waals surface area (Å²) in [6.07, 6.45) is 2.61. The van der Waals surface area contributed by atoms with Crippen LogP contribution in [0.3, 0.4) is 0 Å². The first kappa shape index (κ1) is 30.4. The first-order valence-corrected chi connectivity index (χ1v) is 23.9. The number of hydrogen-bond acceptors (Lipinski definition) is 3. The Kier molecular flexibility index (Phi) is 8.18. The summed E-state index contributed by atoms with van der Waals surface area (Å²) < 4.78 is 169. The van der Waals surface area contributed by atoms with Gasteiger partial charge in [-0.3, -0.25) is 9.55 Å². The molecule has 69 heavy (non-hydrogen) atoms. The minimum Gasteiger partial charge on any atom is -0.507 e. The molecule has 0 bridgehead atoms. The van der Waals surface area contributed by atoms with Crippen LogP contribution in [0.5, 0.6) is 5.75 Å². The van der Waals surface area contributed by atoms with Crippen LogP contribution in [0.1, 0.15) is 174 Å². The van der Waals surface area contributed by atoms with E-state index in [-0.39, 0.29) is 39.2 Å². The van der Waals surface area contributed by atoms with Crippen LogP contribution in [0.15, 0.2) is 127 Å². The van der Waals surface area contributed by atoms with Crippen molar-refractivity contribution in [3.8, 4) is 67.5 Å². The van der Waals surface area contributed by atoms with Crippen molar-refractivity contribution >= 4 is 11.0 Å². The summed E-state index contributed by atoms with van der Waals surface area (Å²) in [4.78, 5) is 9.75. The smallest absolute Gasteiger partial charge is 0.149 e. The van der Waals surface area contributed by atoms with Crippen molar-refractivity contribution in [3.63, 3.8) is 0 Å². The number of para-hydroxylation sites is 1. The molecule has 0 saturated heterocycles. The molecule has 8 rings (SSSR count). The van der Waals surface area contributed by atoms with Crippen molar-refractivity contribution < 1.29 is 31.2 Å². The third-order valence-corrected chi connectivity index (χ3v) is 14.6. The number of fused-ring (bicyclic) bond motifs is 1. The van der Waals surface area contributed by atoms with E-state index in [2.05, 4.69) is 64.7 Å². The first-order valence-electron chi connectivity index (χ1n) is 33.4. The van der Waals surface area contributed by atoms with E-state index < -0.39 is 97.4 Å². The molecule has 0 aliphatic carbocycles. The van der Waals surface area contributed by atoms with Gasteiger partial charge in [0.2, 0.25) is 0 Å². The molecule has 0 saturated carbocycles. The molecule has 0 spiro atoms. The predicted octanol–water partition coefficient (Wildman–Crippen LogP) is 18.1. The largest absolute Gasteiger partial charge is 0.507 e. The van der Waals surface area contributed by atoms with Crippen molar-refractivity contribution in [2.75, 3.05) is 0 Å². The Morgan fingerprint density at radius 1 is 0.609 bits per heavy atom. The number of benzene rings is 6. The van der Waals surface area contributed by atoms with E-state index in [4.69, 9.17) is 22.8 Å². The highest BCUT2D eigenvalue weighted by Crippen LogP contribution is 2.47. The second-order valence-electron chi connectivity index (χ2n) is 20.2. The summed E-state index contributed by atoms with van der Waals surface area (Å²) in [5, 5.41) is 12.0. The maximum atomic E-state index is 12.0. The van der Waals surface area contributed by atoms with E-state index in [0.717, 1.165) is 53.5 Å². The molecule has 2 heterocycles. The van der Waals surface area contributed by atoms with Gasteiger partial charge in [0.15, 0.2) is 0 Å². The van der Waals surface area contributed by atoms with E-state index in [0.29, 0.717) is 44.5 Å². The number of imidazole rings is 1. The second kappa shape index (κ2) is 18.6. The summed E-state index contributed by atoms with van der Waals surface area (Å²) in [5.74, 6) is 0.163. The summed E-state index contributed by atoms with van der Waals surface area (Å²) >= 11 is 0. The van der Waals surface area contributed by atoms with Gasteiger partial charge in [0.25, 0.3) is 0 Å². The highest BCUT2D eigenvalue weighted by atomic mass is 16.3. The lowest BCUT2D eigenvalue weighted by Crippen LogP contribution is -2.25. The normalized spacial score (nSPS) is 17.3. The maximum Gasteiger partial charge on any atom is 0.149 e. The molecule has 4 heteroatoms. The topological polar surface area (TPSA) is 50.9 Å². The molecule has 6 aromatic carbocycles. The summed E-state index contributed by atoms with van der Waals surface area (Å²) in [6, 6.07) is 19.9. The number of aryl methyl sites for hydroxylation is 3. The Labute approximate surface area is 440 Å². The lowest BCUT2D eigenvalue weighted by atomic mass is 9.68. The predicted molar refractivity (Wildman–Crippen MR) is 295 cm³/mol. The Bertz CT molecular complexity index is 3960. The molecule has 4 nitrogen and oxygen atoms in total. The fourth-order valence-electron chi connectivity index (χ4n) is 9.46. The van der Waals surface area contributed by atoms with Crippen molar-refractivity contribution in [3.05, 3.63) is 166 Å². The van der Waals surface area contributed by atoms with Gasteiger partial charge in [0.1, 0.15) is 11.6 Å². The van der Waals surface area contributed by atoms with Gasteiger partial charge in [-0.05, 0) is 183 Å². The van der Waals surface area contributed by atoms with Crippen LogP contribution in [0.25, 0.3) is 72.7 Å². The van der Waals surface area contributed by atoms with Gasteiger partial charge < -0.3 is 5.11 Å². The number of hydrogen-bond donors (Lipinski definition) is 1. The van der Waals surface area contributed by atoms with Crippen LogP contribution in [-0.4, -0.2) is 19.6 Å². The summed E-state index contributed by atoms with van der Waals surface area (Å²) in [6.45, 7) is 8.14. The zero-order valence-corrected chi connectivity index (χ0v) is 41.7. The highest BCUT2D eigenvalue weighted by Gasteiger charge is 2.33. The number of pyridine rings is 1. The van der Waals surface area contributed by atoms with E-state index >= 15 is 0 Å². The van der Waals surface area contributed by atoms with Gasteiger partial charge >= 0.3 is 0 Å². The molecule has 0 aliphatic heterocycles. The molecular formula is C65H75N3O. The molecule has 0 atom stereocenters. The van der Waals surface area contributed by atoms with Crippen molar-refractivity contribution in [1.29, 1.82) is 0 Å². The number of rotatable bonds is 12. The van der Waals surface area contributed by atoms with Crippen molar-refractivity contribution in [1.82, 2.24) is 14.5 Å². The molecule has 8 aromatic rings. The van der Waals surface area contributed by atoms with Crippen molar-refractivity contribution in [2.45, 2.75) is 151 Å². The van der Waals surface area contributed by atoms with E-state index in [1.54, 1.807) is 41.8 Å². The fourth-order valence-corrected chi connectivity index (χ4v) is 9.46. The molecule has 0 fully saturated rings. The van der Waals surface area contributed by atoms with Gasteiger partial charge in [-0.2, -0.15) is 0 Å². The van der Waals surface area contributed by atoms with E-state index in [1.165, 1.54) is 0 Å². The average molecular weight is 933 g/mol. The molecule has 0 aliphatic rings. The van der Waals surface area contributed by atoms with Gasteiger partial charge in [-0.25, -0.2) is 4.98 Å². The van der Waals surface area contributed by atoms with Crippen LogP contribution in [0.4, 0.5) is 0 Å². The van der Waals surface area contributed by atoms with Gasteiger partial charge in [0.05, 0.1) is 37.6 Å². The number of aromatic nitrogens is 3. The molecule has 2 aromatic heterocycles. The molecule has 1 N–H and O–H groups in total. The Morgan fingerprint density at radius 3 is 1.88 bits per heavy atom. The zero-order valence-electron chi connectivity index (χ0n) is 60.7. The molecule has 0 amide bonds. The Morgan fingerprint density at radius 2 is 1.26 bits per heavy atom.